The maximum atomic E-state index is 12.7. The van der Waals surface area contributed by atoms with Crippen LogP contribution in [0.5, 0.6) is 0 Å². The molecule has 3 rings (SSSR count). The highest BCUT2D eigenvalue weighted by Crippen LogP contribution is 2.22. The van der Waals surface area contributed by atoms with E-state index >= 15 is 0 Å². The van der Waals surface area contributed by atoms with Crippen molar-refractivity contribution in [1.82, 2.24) is 5.32 Å². The molecule has 0 saturated heterocycles. The van der Waals surface area contributed by atoms with E-state index in [-0.39, 0.29) is 5.75 Å². The molecule has 6 nitrogen and oxygen atoms in total. The zero-order valence-electron chi connectivity index (χ0n) is 13.2. The van der Waals surface area contributed by atoms with Crippen molar-refractivity contribution in [2.75, 3.05) is 10.7 Å². The van der Waals surface area contributed by atoms with E-state index in [1.807, 2.05) is 0 Å². The Hall–Kier alpha value is -2.93. The first-order valence-corrected chi connectivity index (χ1v) is 9.33. The fourth-order valence-corrected chi connectivity index (χ4v) is 3.86. The number of nitrogens with zero attached hydrogens (tertiary/aromatic N) is 1. The number of benzene rings is 2. The molecule has 0 fully saturated rings. The lowest BCUT2D eigenvalue weighted by molar-refractivity contribution is 0.0965. The molecule has 2 aromatic rings. The Morgan fingerprint density at radius 1 is 0.960 bits per heavy atom. The van der Waals surface area contributed by atoms with Gasteiger partial charge in [0.1, 0.15) is 0 Å². The van der Waals surface area contributed by atoms with Gasteiger partial charge in [0, 0.05) is 16.7 Å². The van der Waals surface area contributed by atoms with E-state index in [1.54, 1.807) is 60.7 Å². The van der Waals surface area contributed by atoms with Crippen molar-refractivity contribution in [2.45, 2.75) is 6.04 Å². The van der Waals surface area contributed by atoms with Crippen LogP contribution in [0, 0.1) is 0 Å². The smallest absolute Gasteiger partial charge is 0.286 e. The molecule has 1 aliphatic heterocycles. The average molecular weight is 356 g/mol. The standard InChI is InChI=1S/C18H16N2O4S/c21-17(14-7-3-1-4-8-14)19-18(22)20(15-9-5-2-6-10-15)16-11-12-25(23,24)13-16/h1-12,16H,13H2,(H,19,21,22). The van der Waals surface area contributed by atoms with E-state index in [0.717, 1.165) is 5.41 Å². The average Bonchev–Trinajstić information content (AvgIpc) is 2.96. The Balaban J connectivity index is 1.86. The lowest BCUT2D eigenvalue weighted by Crippen LogP contribution is -2.48. The van der Waals surface area contributed by atoms with Gasteiger partial charge < -0.3 is 0 Å². The zero-order valence-corrected chi connectivity index (χ0v) is 14.0. The third-order valence-electron chi connectivity index (χ3n) is 3.75. The van der Waals surface area contributed by atoms with Crippen LogP contribution in [0.1, 0.15) is 10.4 Å². The van der Waals surface area contributed by atoms with Gasteiger partial charge in [0.05, 0.1) is 11.8 Å². The van der Waals surface area contributed by atoms with Crippen LogP contribution in [0.15, 0.2) is 72.1 Å². The number of imide groups is 1. The van der Waals surface area contributed by atoms with Gasteiger partial charge >= 0.3 is 6.03 Å². The largest absolute Gasteiger partial charge is 0.329 e. The molecule has 0 bridgehead atoms. The number of nitrogens with one attached hydrogen (secondary N) is 1. The number of hydrogen-bond donors (Lipinski definition) is 1. The molecule has 0 aromatic heterocycles. The summed E-state index contributed by atoms with van der Waals surface area (Å²) in [5.74, 6) is -0.758. The summed E-state index contributed by atoms with van der Waals surface area (Å²) in [7, 11) is -3.35. The molecule has 7 heteroatoms. The normalized spacial score (nSPS) is 17.8. The number of carbonyl (C=O) groups is 2. The number of carbonyl (C=O) groups excluding carboxylic acids is 2. The molecule has 2 aromatic carbocycles. The summed E-state index contributed by atoms with van der Waals surface area (Å²) in [6.45, 7) is 0. The van der Waals surface area contributed by atoms with Crippen molar-refractivity contribution in [3.8, 4) is 0 Å². The third kappa shape index (κ3) is 3.95. The fourth-order valence-electron chi connectivity index (χ4n) is 2.59. The van der Waals surface area contributed by atoms with Gasteiger partial charge in [0.2, 0.25) is 0 Å². The van der Waals surface area contributed by atoms with E-state index in [4.69, 9.17) is 0 Å². The molecule has 0 spiro atoms. The summed E-state index contributed by atoms with van der Waals surface area (Å²) in [6, 6.07) is 15.6. The molecule has 0 saturated carbocycles. The molecule has 1 atom stereocenters. The number of amides is 3. The van der Waals surface area contributed by atoms with Gasteiger partial charge in [-0.25, -0.2) is 13.2 Å². The minimum Gasteiger partial charge on any atom is -0.286 e. The highest BCUT2D eigenvalue weighted by atomic mass is 32.2. The number of urea groups is 1. The quantitative estimate of drug-likeness (QED) is 0.915. The molecule has 0 radical (unpaired) electrons. The minimum atomic E-state index is -3.35. The van der Waals surface area contributed by atoms with Crippen molar-refractivity contribution in [2.24, 2.45) is 0 Å². The molecule has 0 aliphatic carbocycles. The summed E-state index contributed by atoms with van der Waals surface area (Å²) in [5.41, 5.74) is 0.853. The predicted octanol–water partition coefficient (Wildman–Crippen LogP) is 2.35. The Kier molecular flexibility index (Phi) is 4.67. The SMILES string of the molecule is O=C(NC(=O)N(c1ccccc1)C1C=CS(=O)(=O)C1)c1ccccc1. The van der Waals surface area contributed by atoms with Crippen LogP contribution < -0.4 is 10.2 Å². The van der Waals surface area contributed by atoms with E-state index in [1.165, 1.54) is 11.0 Å². The maximum absolute atomic E-state index is 12.7. The first kappa shape index (κ1) is 16.9. The number of hydrogen-bond acceptors (Lipinski definition) is 4. The van der Waals surface area contributed by atoms with Crippen molar-refractivity contribution in [3.05, 3.63) is 77.7 Å². The topological polar surface area (TPSA) is 83.6 Å². The second kappa shape index (κ2) is 6.90. The van der Waals surface area contributed by atoms with Gasteiger partial charge in [-0.15, -0.1) is 0 Å². The first-order valence-electron chi connectivity index (χ1n) is 7.62. The van der Waals surface area contributed by atoms with Gasteiger partial charge in [-0.2, -0.15) is 0 Å². The second-order valence-electron chi connectivity index (χ2n) is 5.56. The van der Waals surface area contributed by atoms with Crippen LogP contribution in [0.2, 0.25) is 0 Å². The van der Waals surface area contributed by atoms with Gasteiger partial charge in [-0.3, -0.25) is 15.0 Å². The second-order valence-corrected chi connectivity index (χ2v) is 7.49. The van der Waals surface area contributed by atoms with Crippen LogP contribution in [0.4, 0.5) is 10.5 Å². The molecule has 1 unspecified atom stereocenters. The highest BCUT2D eigenvalue weighted by molar-refractivity contribution is 7.94. The highest BCUT2D eigenvalue weighted by Gasteiger charge is 2.32. The summed E-state index contributed by atoms with van der Waals surface area (Å²) >= 11 is 0. The van der Waals surface area contributed by atoms with E-state index in [9.17, 15) is 18.0 Å². The summed E-state index contributed by atoms with van der Waals surface area (Å²) in [4.78, 5) is 26.2. The van der Waals surface area contributed by atoms with Gasteiger partial charge in [0.25, 0.3) is 5.91 Å². The summed E-state index contributed by atoms with van der Waals surface area (Å²) < 4.78 is 23.5. The Morgan fingerprint density at radius 3 is 2.12 bits per heavy atom. The van der Waals surface area contributed by atoms with Gasteiger partial charge in [0.15, 0.2) is 9.84 Å². The Labute approximate surface area is 145 Å². The number of rotatable bonds is 3. The molecule has 25 heavy (non-hydrogen) atoms. The zero-order chi connectivity index (χ0) is 17.9. The van der Waals surface area contributed by atoms with Crippen LogP contribution in [0.25, 0.3) is 0 Å². The lowest BCUT2D eigenvalue weighted by Gasteiger charge is -2.27. The Morgan fingerprint density at radius 2 is 1.56 bits per heavy atom. The number of sulfone groups is 1. The monoisotopic (exact) mass is 356 g/mol. The third-order valence-corrected chi connectivity index (χ3v) is 5.13. The molecular formula is C18H16N2O4S. The van der Waals surface area contributed by atoms with E-state index in [2.05, 4.69) is 5.32 Å². The summed E-state index contributed by atoms with van der Waals surface area (Å²) in [5, 5.41) is 3.42. The maximum Gasteiger partial charge on any atom is 0.329 e. The summed E-state index contributed by atoms with van der Waals surface area (Å²) in [6.07, 6.45) is 1.45. The van der Waals surface area contributed by atoms with Crippen molar-refractivity contribution in [3.63, 3.8) is 0 Å². The molecule has 3 amide bonds. The van der Waals surface area contributed by atoms with Crippen molar-refractivity contribution >= 4 is 27.5 Å². The predicted molar refractivity (Wildman–Crippen MR) is 94.9 cm³/mol. The first-order chi connectivity index (χ1) is 12.0. The van der Waals surface area contributed by atoms with Crippen LogP contribution in [0.3, 0.4) is 0 Å². The van der Waals surface area contributed by atoms with Crippen LogP contribution in [-0.2, 0) is 9.84 Å². The van der Waals surface area contributed by atoms with Crippen LogP contribution in [-0.4, -0.2) is 32.2 Å². The molecule has 1 N–H and O–H groups in total. The molecule has 1 heterocycles. The van der Waals surface area contributed by atoms with E-state index in [0.29, 0.717) is 11.3 Å². The van der Waals surface area contributed by atoms with Gasteiger partial charge in [-0.1, -0.05) is 36.4 Å². The van der Waals surface area contributed by atoms with Crippen LogP contribution >= 0.6 is 0 Å². The molecule has 128 valence electrons. The number of anilines is 1. The molecule has 1 aliphatic rings. The van der Waals surface area contributed by atoms with Gasteiger partial charge in [-0.05, 0) is 30.3 Å². The number of para-hydroxylation sites is 1. The fraction of sp³-hybridized carbons (Fsp3) is 0.111. The Bertz CT molecular complexity index is 909. The molecular weight excluding hydrogens is 340 g/mol. The van der Waals surface area contributed by atoms with Crippen molar-refractivity contribution < 1.29 is 18.0 Å². The lowest BCUT2D eigenvalue weighted by atomic mass is 10.2. The van der Waals surface area contributed by atoms with Crippen molar-refractivity contribution in [1.29, 1.82) is 0 Å². The van der Waals surface area contributed by atoms with E-state index < -0.39 is 27.8 Å². The minimum absolute atomic E-state index is 0.213.